The van der Waals surface area contributed by atoms with Crippen LogP contribution in [-0.2, 0) is 4.74 Å². The number of rotatable bonds is 35. The molecule has 0 aromatic heterocycles. The fraction of sp³-hybridized carbons (Fsp3) is 0.767. The van der Waals surface area contributed by atoms with Crippen LogP contribution in [0.15, 0.2) is 60.9 Å². The highest BCUT2D eigenvalue weighted by Crippen LogP contribution is 2.20. The minimum Gasteiger partial charge on any atom is -0.495 e. The van der Waals surface area contributed by atoms with Crippen LogP contribution in [0.3, 0.4) is 0 Å². The van der Waals surface area contributed by atoms with Crippen LogP contribution in [0, 0.1) is 0 Å². The Morgan fingerprint density at radius 3 is 1.42 bits per heavy atom. The Balaban J connectivity index is 4.03. The molecule has 262 valence electrons. The third-order valence-electron chi connectivity index (χ3n) is 8.63. The van der Waals surface area contributed by atoms with E-state index in [9.17, 15) is 0 Å². The topological polar surface area (TPSA) is 12.5 Å². The molecule has 0 spiro atoms. The lowest BCUT2D eigenvalue weighted by Crippen LogP contribution is -2.15. The van der Waals surface area contributed by atoms with E-state index >= 15 is 0 Å². The maximum Gasteiger partial charge on any atom is 0.0982 e. The lowest BCUT2D eigenvalue weighted by Gasteiger charge is -2.21. The average molecular weight is 626 g/mol. The normalized spacial score (nSPS) is 13.0. The Labute approximate surface area is 283 Å². The van der Waals surface area contributed by atoms with Gasteiger partial charge in [-0.15, -0.1) is 0 Å². The first kappa shape index (κ1) is 43.5. The van der Waals surface area contributed by atoms with Gasteiger partial charge in [0.25, 0.3) is 0 Å². The van der Waals surface area contributed by atoms with Crippen LogP contribution in [0.1, 0.15) is 187 Å². The molecule has 0 N–H and O–H groups in total. The van der Waals surface area contributed by atoms with E-state index in [1.54, 1.807) is 0 Å². The van der Waals surface area contributed by atoms with Crippen molar-refractivity contribution in [1.82, 2.24) is 4.90 Å². The summed E-state index contributed by atoms with van der Waals surface area (Å²) in [5, 5.41) is 0. The van der Waals surface area contributed by atoms with Crippen LogP contribution in [0.2, 0.25) is 0 Å². The molecule has 0 aromatic carbocycles. The molecule has 1 atom stereocenters. The Morgan fingerprint density at radius 2 is 0.956 bits per heavy atom. The fourth-order valence-electron chi connectivity index (χ4n) is 5.71. The quantitative estimate of drug-likeness (QED) is 0.0301. The SMILES string of the molecule is C=C(CCCN(C)C)OC(CCCCCCCC/C=C\C=C\CCCCC)CCCCCCCC/C=C\C/C=C\CCCCC. The van der Waals surface area contributed by atoms with E-state index in [2.05, 4.69) is 88.0 Å². The minimum atomic E-state index is 0.364. The van der Waals surface area contributed by atoms with Gasteiger partial charge in [0.2, 0.25) is 0 Å². The molecule has 1 unspecified atom stereocenters. The van der Waals surface area contributed by atoms with Crippen LogP contribution in [-0.4, -0.2) is 31.6 Å². The molecule has 0 bridgehead atoms. The molecule has 0 aliphatic carbocycles. The monoisotopic (exact) mass is 626 g/mol. The van der Waals surface area contributed by atoms with Crippen molar-refractivity contribution >= 4 is 0 Å². The number of ether oxygens (including phenoxy) is 1. The van der Waals surface area contributed by atoms with Crippen molar-refractivity contribution in [3.05, 3.63) is 60.9 Å². The molecule has 2 nitrogen and oxygen atoms in total. The minimum absolute atomic E-state index is 0.364. The number of hydrogen-bond donors (Lipinski definition) is 0. The van der Waals surface area contributed by atoms with Crippen LogP contribution >= 0.6 is 0 Å². The second kappa shape index (κ2) is 36.9. The second-order valence-electron chi connectivity index (χ2n) is 13.6. The summed E-state index contributed by atoms with van der Waals surface area (Å²) in [4.78, 5) is 2.25. The maximum absolute atomic E-state index is 6.44. The number of allylic oxidation sites excluding steroid dienone is 9. The van der Waals surface area contributed by atoms with Gasteiger partial charge in [0, 0.05) is 6.42 Å². The van der Waals surface area contributed by atoms with E-state index in [1.807, 2.05) is 0 Å². The zero-order valence-electron chi connectivity index (χ0n) is 31.1. The summed E-state index contributed by atoms with van der Waals surface area (Å²) in [6, 6.07) is 0. The lowest BCUT2D eigenvalue weighted by atomic mass is 10.0. The number of nitrogens with zero attached hydrogens (tertiary/aromatic N) is 1. The molecule has 0 saturated heterocycles. The van der Waals surface area contributed by atoms with E-state index in [-0.39, 0.29) is 0 Å². The van der Waals surface area contributed by atoms with Crippen LogP contribution < -0.4 is 0 Å². The third-order valence-corrected chi connectivity index (χ3v) is 8.63. The van der Waals surface area contributed by atoms with Gasteiger partial charge in [0.05, 0.1) is 11.9 Å². The zero-order valence-corrected chi connectivity index (χ0v) is 31.1. The van der Waals surface area contributed by atoms with Gasteiger partial charge in [0.15, 0.2) is 0 Å². The highest BCUT2D eigenvalue weighted by Gasteiger charge is 2.11. The molecular weight excluding hydrogens is 546 g/mol. The van der Waals surface area contributed by atoms with Gasteiger partial charge < -0.3 is 9.64 Å². The molecule has 0 radical (unpaired) electrons. The van der Waals surface area contributed by atoms with Gasteiger partial charge in [-0.05, 0) is 111 Å². The second-order valence-corrected chi connectivity index (χ2v) is 13.6. The van der Waals surface area contributed by atoms with E-state index in [4.69, 9.17) is 4.74 Å². The molecule has 45 heavy (non-hydrogen) atoms. The van der Waals surface area contributed by atoms with E-state index < -0.39 is 0 Å². The Hall–Kier alpha value is -1.54. The standard InChI is InChI=1S/C43H79NO/c1-6-8-10-12-14-16-18-20-22-24-26-28-30-32-34-36-40-43(45-42(3)38-37-41-44(4)5)39-35-33-31-29-27-25-23-21-19-17-15-13-11-9-7-2/h14-17,19-22,43H,3,6-13,18,23-41H2,1-2,4-5H3/b16-14-,17-15+,21-19-,22-20-. The summed E-state index contributed by atoms with van der Waals surface area (Å²) in [5.74, 6) is 1.01. The Kier molecular flexibility index (Phi) is 35.7. The maximum atomic E-state index is 6.44. The smallest absolute Gasteiger partial charge is 0.0982 e. The van der Waals surface area contributed by atoms with Crippen molar-refractivity contribution in [2.24, 2.45) is 0 Å². The first-order chi connectivity index (χ1) is 22.1. The number of unbranched alkanes of at least 4 members (excludes halogenated alkanes) is 18. The van der Waals surface area contributed by atoms with Gasteiger partial charge in [-0.3, -0.25) is 0 Å². The Morgan fingerprint density at radius 1 is 0.533 bits per heavy atom. The van der Waals surface area contributed by atoms with Crippen LogP contribution in [0.4, 0.5) is 0 Å². The molecule has 2 heteroatoms. The summed E-state index contributed by atoms with van der Waals surface area (Å²) in [6.07, 6.45) is 53.6. The van der Waals surface area contributed by atoms with Crippen molar-refractivity contribution in [1.29, 1.82) is 0 Å². The van der Waals surface area contributed by atoms with Crippen molar-refractivity contribution in [2.45, 2.75) is 193 Å². The van der Waals surface area contributed by atoms with Crippen molar-refractivity contribution in [3.8, 4) is 0 Å². The highest BCUT2D eigenvalue weighted by molar-refractivity contribution is 5.02. The van der Waals surface area contributed by atoms with Crippen LogP contribution in [0.25, 0.3) is 0 Å². The van der Waals surface area contributed by atoms with Gasteiger partial charge in [-0.1, -0.05) is 146 Å². The highest BCUT2D eigenvalue weighted by atomic mass is 16.5. The molecule has 0 saturated carbocycles. The molecule has 0 fully saturated rings. The molecule has 0 amide bonds. The lowest BCUT2D eigenvalue weighted by molar-refractivity contribution is 0.0891. The molecule has 0 aliphatic rings. The molecule has 0 aromatic rings. The van der Waals surface area contributed by atoms with Crippen molar-refractivity contribution < 1.29 is 4.74 Å². The molecule has 0 aliphatic heterocycles. The van der Waals surface area contributed by atoms with Gasteiger partial charge in [0.1, 0.15) is 0 Å². The first-order valence-corrected chi connectivity index (χ1v) is 19.7. The fourth-order valence-corrected chi connectivity index (χ4v) is 5.71. The predicted molar refractivity (Wildman–Crippen MR) is 205 cm³/mol. The molecular formula is C43H79NO. The molecule has 0 rings (SSSR count). The number of hydrogen-bond acceptors (Lipinski definition) is 2. The summed E-state index contributed by atoms with van der Waals surface area (Å²) < 4.78 is 6.44. The van der Waals surface area contributed by atoms with Gasteiger partial charge in [-0.25, -0.2) is 0 Å². The molecule has 0 heterocycles. The van der Waals surface area contributed by atoms with Crippen LogP contribution in [0.5, 0.6) is 0 Å². The average Bonchev–Trinajstić information content (AvgIpc) is 3.02. The predicted octanol–water partition coefficient (Wildman–Crippen LogP) is 14.2. The van der Waals surface area contributed by atoms with Crippen molar-refractivity contribution in [2.75, 3.05) is 20.6 Å². The summed E-state index contributed by atoms with van der Waals surface area (Å²) in [7, 11) is 4.28. The van der Waals surface area contributed by atoms with E-state index in [0.717, 1.165) is 31.6 Å². The van der Waals surface area contributed by atoms with E-state index in [1.165, 1.54) is 154 Å². The summed E-state index contributed by atoms with van der Waals surface area (Å²) in [5.41, 5.74) is 0. The summed E-state index contributed by atoms with van der Waals surface area (Å²) >= 11 is 0. The Bertz CT molecular complexity index is 715. The van der Waals surface area contributed by atoms with E-state index in [0.29, 0.717) is 6.10 Å². The third kappa shape index (κ3) is 36.8. The zero-order chi connectivity index (χ0) is 32.9. The largest absolute Gasteiger partial charge is 0.495 e. The van der Waals surface area contributed by atoms with Gasteiger partial charge >= 0.3 is 0 Å². The first-order valence-electron chi connectivity index (χ1n) is 19.7. The van der Waals surface area contributed by atoms with Gasteiger partial charge in [-0.2, -0.15) is 0 Å². The van der Waals surface area contributed by atoms with Crippen molar-refractivity contribution in [3.63, 3.8) is 0 Å². The summed E-state index contributed by atoms with van der Waals surface area (Å²) in [6.45, 7) is 9.91.